The number of aryl methyl sites for hydroxylation is 1. The van der Waals surface area contributed by atoms with E-state index in [1.54, 1.807) is 0 Å². The van der Waals surface area contributed by atoms with Gasteiger partial charge in [0.05, 0.1) is 10.2 Å². The van der Waals surface area contributed by atoms with E-state index in [-0.39, 0.29) is 0 Å². The van der Waals surface area contributed by atoms with Crippen molar-refractivity contribution in [2.45, 2.75) is 52.4 Å². The highest BCUT2D eigenvalue weighted by atomic mass is 32.1. The molecule has 3 nitrogen and oxygen atoms in total. The SMILES string of the molecule is CCCCc1cc2sc(C(N)=S)nc2c(C(N)=S)c1CCCC. The number of unbranched alkanes of at least 4 members (excludes halogenated alkanes) is 2. The molecule has 1 heterocycles. The molecule has 0 aliphatic rings. The maximum absolute atomic E-state index is 6.07. The summed E-state index contributed by atoms with van der Waals surface area (Å²) in [6.07, 6.45) is 6.60. The van der Waals surface area contributed by atoms with Gasteiger partial charge in [-0.1, -0.05) is 51.1 Å². The Bertz CT molecular complexity index is 734. The van der Waals surface area contributed by atoms with Gasteiger partial charge in [0, 0.05) is 5.56 Å². The fourth-order valence-corrected chi connectivity index (χ4v) is 4.04. The smallest absolute Gasteiger partial charge is 0.151 e. The van der Waals surface area contributed by atoms with Gasteiger partial charge in [-0.3, -0.25) is 0 Å². The molecule has 0 spiro atoms. The highest BCUT2D eigenvalue weighted by Gasteiger charge is 2.19. The molecule has 6 heteroatoms. The van der Waals surface area contributed by atoms with Gasteiger partial charge in [0.1, 0.15) is 9.98 Å². The summed E-state index contributed by atoms with van der Waals surface area (Å²) < 4.78 is 1.07. The minimum absolute atomic E-state index is 0.324. The van der Waals surface area contributed by atoms with Crippen LogP contribution in [0, 0.1) is 0 Å². The fraction of sp³-hybridized carbons (Fsp3) is 0.471. The third kappa shape index (κ3) is 4.05. The molecular weight excluding hydrogens is 342 g/mol. The first kappa shape index (κ1) is 18.2. The van der Waals surface area contributed by atoms with Crippen LogP contribution in [0.3, 0.4) is 0 Å². The second-order valence-corrected chi connectivity index (χ2v) is 7.60. The lowest BCUT2D eigenvalue weighted by atomic mass is 9.92. The first-order valence-electron chi connectivity index (χ1n) is 8.04. The molecule has 0 aliphatic carbocycles. The molecule has 4 N–H and O–H groups in total. The number of rotatable bonds is 8. The molecule has 0 fully saturated rings. The maximum Gasteiger partial charge on any atom is 0.151 e. The van der Waals surface area contributed by atoms with Gasteiger partial charge in [0.25, 0.3) is 0 Å². The fourth-order valence-electron chi connectivity index (χ4n) is 2.76. The lowest BCUT2D eigenvalue weighted by molar-refractivity contribution is 0.758. The molecule has 0 unspecified atom stereocenters. The van der Waals surface area contributed by atoms with Crippen LogP contribution in [0.2, 0.25) is 0 Å². The van der Waals surface area contributed by atoms with E-state index < -0.39 is 0 Å². The van der Waals surface area contributed by atoms with E-state index in [0.717, 1.165) is 54.3 Å². The first-order valence-corrected chi connectivity index (χ1v) is 9.67. The summed E-state index contributed by atoms with van der Waals surface area (Å²) >= 11 is 12.0. The number of thiocarbonyl (C=S) groups is 2. The third-order valence-corrected chi connectivity index (χ3v) is 5.48. The Morgan fingerprint density at radius 3 is 2.30 bits per heavy atom. The minimum atomic E-state index is 0.324. The Balaban J connectivity index is 2.69. The summed E-state index contributed by atoms with van der Waals surface area (Å²) in [5, 5.41) is 0.682. The number of thiazole rings is 1. The van der Waals surface area contributed by atoms with Crippen LogP contribution in [0.1, 0.15) is 61.2 Å². The van der Waals surface area contributed by atoms with E-state index in [2.05, 4.69) is 24.9 Å². The van der Waals surface area contributed by atoms with Crippen molar-refractivity contribution in [2.75, 3.05) is 0 Å². The van der Waals surface area contributed by atoms with Crippen molar-refractivity contribution < 1.29 is 0 Å². The number of hydrogen-bond donors (Lipinski definition) is 2. The molecule has 0 saturated carbocycles. The van der Waals surface area contributed by atoms with Crippen LogP contribution in [-0.2, 0) is 12.8 Å². The monoisotopic (exact) mass is 365 g/mol. The van der Waals surface area contributed by atoms with Gasteiger partial charge in [-0.15, -0.1) is 11.3 Å². The van der Waals surface area contributed by atoms with Crippen LogP contribution in [-0.4, -0.2) is 15.0 Å². The predicted octanol–water partition coefficient (Wildman–Crippen LogP) is 4.25. The van der Waals surface area contributed by atoms with Gasteiger partial charge >= 0.3 is 0 Å². The third-order valence-electron chi connectivity index (χ3n) is 3.92. The van der Waals surface area contributed by atoms with Crippen molar-refractivity contribution in [3.8, 4) is 0 Å². The first-order chi connectivity index (χ1) is 11.0. The van der Waals surface area contributed by atoms with Crippen LogP contribution in [0.4, 0.5) is 0 Å². The standard InChI is InChI=1S/C17H23N3S3/c1-3-5-7-10-9-12-14(20-17(23-12)16(19)22)13(15(18)21)11(10)8-6-4-2/h9H,3-8H2,1-2H3,(H2,18,21)(H2,19,22). The molecule has 2 rings (SSSR count). The number of nitrogens with two attached hydrogens (primary N) is 2. The number of aromatic nitrogens is 1. The predicted molar refractivity (Wildman–Crippen MR) is 109 cm³/mol. The largest absolute Gasteiger partial charge is 0.389 e. The van der Waals surface area contributed by atoms with Crippen LogP contribution in [0.15, 0.2) is 6.07 Å². The van der Waals surface area contributed by atoms with Gasteiger partial charge in [-0.2, -0.15) is 0 Å². The Morgan fingerprint density at radius 2 is 1.74 bits per heavy atom. The highest BCUT2D eigenvalue weighted by Crippen LogP contribution is 2.32. The molecule has 0 radical (unpaired) electrons. The van der Waals surface area contributed by atoms with E-state index >= 15 is 0 Å². The summed E-state index contributed by atoms with van der Waals surface area (Å²) in [4.78, 5) is 5.35. The van der Waals surface area contributed by atoms with Crippen LogP contribution in [0.5, 0.6) is 0 Å². The second kappa shape index (κ2) is 8.13. The van der Waals surface area contributed by atoms with Crippen molar-refractivity contribution >= 4 is 56.0 Å². The van der Waals surface area contributed by atoms with Gasteiger partial charge in [-0.25, -0.2) is 4.98 Å². The summed E-state index contributed by atoms with van der Waals surface area (Å²) in [5.74, 6) is 0. The van der Waals surface area contributed by atoms with E-state index in [1.807, 2.05) is 0 Å². The highest BCUT2D eigenvalue weighted by molar-refractivity contribution is 7.81. The van der Waals surface area contributed by atoms with E-state index in [0.29, 0.717) is 15.0 Å². The van der Waals surface area contributed by atoms with E-state index in [1.165, 1.54) is 22.5 Å². The molecule has 0 saturated heterocycles. The zero-order chi connectivity index (χ0) is 17.0. The van der Waals surface area contributed by atoms with Gasteiger partial charge in [-0.05, 0) is 42.9 Å². The van der Waals surface area contributed by atoms with Crippen molar-refractivity contribution in [1.82, 2.24) is 4.98 Å². The van der Waals surface area contributed by atoms with Crippen LogP contribution in [0.25, 0.3) is 10.2 Å². The molecular formula is C17H23N3S3. The maximum atomic E-state index is 6.07. The number of fused-ring (bicyclic) bond motifs is 1. The van der Waals surface area contributed by atoms with Gasteiger partial charge in [0.2, 0.25) is 0 Å². The number of benzene rings is 1. The molecule has 124 valence electrons. The summed E-state index contributed by atoms with van der Waals surface area (Å²) in [5.41, 5.74) is 16.2. The molecule has 0 bridgehead atoms. The minimum Gasteiger partial charge on any atom is -0.389 e. The summed E-state index contributed by atoms with van der Waals surface area (Å²) in [6.45, 7) is 4.40. The van der Waals surface area contributed by atoms with Crippen LogP contribution >= 0.6 is 35.8 Å². The van der Waals surface area contributed by atoms with Gasteiger partial charge < -0.3 is 11.5 Å². The number of hydrogen-bond acceptors (Lipinski definition) is 4. The lowest BCUT2D eigenvalue weighted by Crippen LogP contribution is -2.15. The quantitative estimate of drug-likeness (QED) is 0.685. The van der Waals surface area contributed by atoms with Crippen molar-refractivity contribution in [3.05, 3.63) is 27.8 Å². The van der Waals surface area contributed by atoms with E-state index in [4.69, 9.17) is 35.9 Å². The Hall–Kier alpha value is -1.11. The lowest BCUT2D eigenvalue weighted by Gasteiger charge is -2.15. The average molecular weight is 366 g/mol. The molecule has 2 aromatic rings. The Morgan fingerprint density at radius 1 is 1.09 bits per heavy atom. The Labute approximate surface area is 152 Å². The molecule has 0 aliphatic heterocycles. The zero-order valence-corrected chi connectivity index (χ0v) is 16.1. The van der Waals surface area contributed by atoms with Crippen molar-refractivity contribution in [3.63, 3.8) is 0 Å². The van der Waals surface area contributed by atoms with Crippen LogP contribution < -0.4 is 11.5 Å². The van der Waals surface area contributed by atoms with Crippen molar-refractivity contribution in [1.29, 1.82) is 0 Å². The summed E-state index contributed by atoms with van der Waals surface area (Å²) in [7, 11) is 0. The van der Waals surface area contributed by atoms with Crippen molar-refractivity contribution in [2.24, 2.45) is 11.5 Å². The molecule has 0 amide bonds. The molecule has 1 aromatic carbocycles. The molecule has 1 aromatic heterocycles. The van der Waals surface area contributed by atoms with E-state index in [9.17, 15) is 0 Å². The number of nitrogens with zero attached hydrogens (tertiary/aromatic N) is 1. The molecule has 23 heavy (non-hydrogen) atoms. The van der Waals surface area contributed by atoms with Gasteiger partial charge in [0.15, 0.2) is 5.01 Å². The average Bonchev–Trinajstić information content (AvgIpc) is 2.93. The zero-order valence-electron chi connectivity index (χ0n) is 13.6. The second-order valence-electron chi connectivity index (χ2n) is 5.69. The normalized spacial score (nSPS) is 11.0. The topological polar surface area (TPSA) is 64.9 Å². The Kier molecular flexibility index (Phi) is 6.44. The molecule has 0 atom stereocenters. The summed E-state index contributed by atoms with van der Waals surface area (Å²) in [6, 6.07) is 2.23.